The number of hydrogen-bond acceptors (Lipinski definition) is 2. The van der Waals surface area contributed by atoms with E-state index < -0.39 is 0 Å². The van der Waals surface area contributed by atoms with Crippen LogP contribution in [0.5, 0.6) is 11.5 Å². The number of hydrogen-bond donors (Lipinski definition) is 1. The van der Waals surface area contributed by atoms with Gasteiger partial charge < -0.3 is 14.4 Å². The van der Waals surface area contributed by atoms with Gasteiger partial charge in [-0.3, -0.25) is 0 Å². The Balaban J connectivity index is 2.51. The molecule has 0 aliphatic rings. The summed E-state index contributed by atoms with van der Waals surface area (Å²) in [6, 6.07) is 5.14. The van der Waals surface area contributed by atoms with Crippen molar-refractivity contribution >= 4 is 0 Å². The van der Waals surface area contributed by atoms with E-state index in [2.05, 4.69) is 26.2 Å². The van der Waals surface area contributed by atoms with E-state index in [-0.39, 0.29) is 5.75 Å². The van der Waals surface area contributed by atoms with Crippen LogP contribution >= 0.6 is 0 Å². The number of ether oxygens (including phenoxy) is 1. The molecule has 1 aromatic heterocycles. The number of phenols is 1. The first kappa shape index (κ1) is 11.6. The van der Waals surface area contributed by atoms with Gasteiger partial charge in [0.1, 0.15) is 11.5 Å². The lowest BCUT2D eigenvalue weighted by atomic mass is 10.2. The summed E-state index contributed by atoms with van der Waals surface area (Å²) in [5.41, 5.74) is 3.52. The molecule has 1 aromatic carbocycles. The monoisotopic (exact) mass is 231 g/mol. The van der Waals surface area contributed by atoms with Gasteiger partial charge in [0.15, 0.2) is 0 Å². The fourth-order valence-corrected chi connectivity index (χ4v) is 1.99. The minimum atomic E-state index is 0.213. The molecule has 0 fully saturated rings. The van der Waals surface area contributed by atoms with Gasteiger partial charge in [-0.1, -0.05) is 6.92 Å². The fourth-order valence-electron chi connectivity index (χ4n) is 1.99. The topological polar surface area (TPSA) is 34.4 Å². The predicted molar refractivity (Wildman–Crippen MR) is 68.1 cm³/mol. The maximum absolute atomic E-state index is 9.43. The summed E-state index contributed by atoms with van der Waals surface area (Å²) >= 11 is 0. The van der Waals surface area contributed by atoms with E-state index in [1.807, 2.05) is 10.6 Å². The second-order valence-corrected chi connectivity index (χ2v) is 4.08. The Labute approximate surface area is 101 Å². The largest absolute Gasteiger partial charge is 0.508 e. The first-order valence-corrected chi connectivity index (χ1v) is 5.70. The fraction of sp³-hybridized carbons (Fsp3) is 0.286. The summed E-state index contributed by atoms with van der Waals surface area (Å²) in [7, 11) is 1.61. The van der Waals surface area contributed by atoms with E-state index in [0.717, 1.165) is 12.1 Å². The van der Waals surface area contributed by atoms with Gasteiger partial charge in [-0.2, -0.15) is 0 Å². The van der Waals surface area contributed by atoms with E-state index in [4.69, 9.17) is 4.74 Å². The van der Waals surface area contributed by atoms with E-state index in [1.165, 1.54) is 11.1 Å². The second kappa shape index (κ2) is 4.53. The van der Waals surface area contributed by atoms with Crippen LogP contribution < -0.4 is 4.74 Å². The molecule has 17 heavy (non-hydrogen) atoms. The molecule has 3 heteroatoms. The third-order valence-corrected chi connectivity index (χ3v) is 2.96. The van der Waals surface area contributed by atoms with Crippen LogP contribution in [0.3, 0.4) is 0 Å². The number of rotatable bonds is 3. The third kappa shape index (κ3) is 2.13. The molecule has 0 aliphatic heterocycles. The van der Waals surface area contributed by atoms with Crippen molar-refractivity contribution in [2.24, 2.45) is 0 Å². The van der Waals surface area contributed by atoms with Crippen molar-refractivity contribution in [2.75, 3.05) is 7.11 Å². The minimum absolute atomic E-state index is 0.213. The summed E-state index contributed by atoms with van der Waals surface area (Å²) in [5.74, 6) is 0.882. The zero-order valence-electron chi connectivity index (χ0n) is 10.4. The number of aromatic hydroxyl groups is 1. The molecule has 0 aliphatic carbocycles. The van der Waals surface area contributed by atoms with Crippen molar-refractivity contribution in [2.45, 2.75) is 20.3 Å². The van der Waals surface area contributed by atoms with Crippen molar-refractivity contribution < 1.29 is 9.84 Å². The smallest absolute Gasteiger partial charge is 0.146 e. The molecule has 0 atom stereocenters. The quantitative estimate of drug-likeness (QED) is 0.881. The van der Waals surface area contributed by atoms with Crippen molar-refractivity contribution in [1.29, 1.82) is 0 Å². The van der Waals surface area contributed by atoms with E-state index in [9.17, 15) is 5.11 Å². The number of nitrogens with zero attached hydrogens (tertiary/aromatic N) is 1. The summed E-state index contributed by atoms with van der Waals surface area (Å²) < 4.78 is 7.32. The Hall–Kier alpha value is -1.90. The molecular formula is C14H17NO2. The average Bonchev–Trinajstić information content (AvgIpc) is 2.70. The van der Waals surface area contributed by atoms with Crippen LogP contribution in [0.1, 0.15) is 18.1 Å². The van der Waals surface area contributed by atoms with Crippen molar-refractivity contribution in [3.8, 4) is 17.2 Å². The van der Waals surface area contributed by atoms with Crippen LogP contribution in [0.4, 0.5) is 0 Å². The number of methoxy groups -OCH3 is 1. The van der Waals surface area contributed by atoms with Crippen LogP contribution in [0.25, 0.3) is 5.69 Å². The molecule has 0 radical (unpaired) electrons. The zero-order chi connectivity index (χ0) is 12.4. The van der Waals surface area contributed by atoms with Crippen molar-refractivity contribution in [3.05, 3.63) is 41.7 Å². The van der Waals surface area contributed by atoms with Crippen LogP contribution in [-0.4, -0.2) is 16.8 Å². The maximum Gasteiger partial charge on any atom is 0.146 e. The lowest BCUT2D eigenvalue weighted by molar-refractivity contribution is 0.406. The summed E-state index contributed by atoms with van der Waals surface area (Å²) in [5, 5.41) is 9.43. The van der Waals surface area contributed by atoms with Crippen molar-refractivity contribution in [3.63, 3.8) is 0 Å². The molecule has 0 spiro atoms. The highest BCUT2D eigenvalue weighted by atomic mass is 16.5. The lowest BCUT2D eigenvalue weighted by Gasteiger charge is -2.09. The van der Waals surface area contributed by atoms with Gasteiger partial charge in [-0.25, -0.2) is 0 Å². The predicted octanol–water partition coefficient (Wildman–Crippen LogP) is 3.06. The first-order chi connectivity index (χ1) is 8.15. The van der Waals surface area contributed by atoms with Gasteiger partial charge in [-0.15, -0.1) is 0 Å². The minimum Gasteiger partial charge on any atom is -0.508 e. The Morgan fingerprint density at radius 2 is 2.06 bits per heavy atom. The number of aryl methyl sites for hydroxylation is 2. The van der Waals surface area contributed by atoms with Crippen LogP contribution in [0.2, 0.25) is 0 Å². The Bertz CT molecular complexity index is 529. The lowest BCUT2D eigenvalue weighted by Crippen LogP contribution is -1.95. The molecule has 1 heterocycles. The van der Waals surface area contributed by atoms with Gasteiger partial charge in [0, 0.05) is 18.5 Å². The molecule has 90 valence electrons. The third-order valence-electron chi connectivity index (χ3n) is 2.96. The van der Waals surface area contributed by atoms with Crippen LogP contribution in [0.15, 0.2) is 30.6 Å². The Morgan fingerprint density at radius 3 is 2.65 bits per heavy atom. The van der Waals surface area contributed by atoms with E-state index in [1.54, 1.807) is 19.2 Å². The van der Waals surface area contributed by atoms with Gasteiger partial charge in [0.2, 0.25) is 0 Å². The summed E-state index contributed by atoms with van der Waals surface area (Å²) in [6.45, 7) is 4.24. The SMILES string of the molecule is CCc1cn(-c2ccc(O)cc2OC)cc1C. The average molecular weight is 231 g/mol. The number of phenolic OH excluding ortho intramolecular Hbond substituents is 1. The molecule has 2 rings (SSSR count). The summed E-state index contributed by atoms with van der Waals surface area (Å²) in [6.07, 6.45) is 5.19. The Kier molecular flexibility index (Phi) is 3.09. The number of benzene rings is 1. The molecular weight excluding hydrogens is 214 g/mol. The zero-order valence-corrected chi connectivity index (χ0v) is 10.4. The Morgan fingerprint density at radius 1 is 1.29 bits per heavy atom. The van der Waals surface area contributed by atoms with E-state index in [0.29, 0.717) is 5.75 Å². The summed E-state index contributed by atoms with van der Waals surface area (Å²) in [4.78, 5) is 0. The second-order valence-electron chi connectivity index (χ2n) is 4.08. The van der Waals surface area contributed by atoms with Gasteiger partial charge in [0.25, 0.3) is 0 Å². The standard InChI is InChI=1S/C14H17NO2/c1-4-11-9-15(8-10(11)2)13-6-5-12(16)7-14(13)17-3/h5-9,16H,4H2,1-3H3. The molecule has 0 saturated carbocycles. The van der Waals surface area contributed by atoms with Gasteiger partial charge in [0.05, 0.1) is 12.8 Å². The highest BCUT2D eigenvalue weighted by Gasteiger charge is 2.08. The highest BCUT2D eigenvalue weighted by Crippen LogP contribution is 2.28. The molecule has 0 bridgehead atoms. The van der Waals surface area contributed by atoms with Gasteiger partial charge >= 0.3 is 0 Å². The van der Waals surface area contributed by atoms with Gasteiger partial charge in [-0.05, 0) is 36.6 Å². The normalized spacial score (nSPS) is 10.5. The number of aromatic nitrogens is 1. The molecule has 0 amide bonds. The maximum atomic E-state index is 9.43. The highest BCUT2D eigenvalue weighted by molar-refractivity contribution is 5.51. The molecule has 0 unspecified atom stereocenters. The molecule has 2 aromatic rings. The van der Waals surface area contributed by atoms with Crippen molar-refractivity contribution in [1.82, 2.24) is 4.57 Å². The first-order valence-electron chi connectivity index (χ1n) is 5.70. The molecule has 3 nitrogen and oxygen atoms in total. The van der Waals surface area contributed by atoms with Crippen LogP contribution in [-0.2, 0) is 6.42 Å². The molecule has 1 N–H and O–H groups in total. The van der Waals surface area contributed by atoms with Crippen LogP contribution in [0, 0.1) is 6.92 Å². The molecule has 0 saturated heterocycles. The van der Waals surface area contributed by atoms with E-state index >= 15 is 0 Å².